The largest absolute Gasteiger partial charge is 0.366 e. The predicted octanol–water partition coefficient (Wildman–Crippen LogP) is 3.61. The minimum absolute atomic E-state index is 0.0516. The number of nitrogens with one attached hydrogen (secondary N) is 2. The molecule has 2 N–H and O–H groups in total. The van der Waals surface area contributed by atoms with Crippen molar-refractivity contribution in [3.8, 4) is 0 Å². The number of hydrogen-bond acceptors (Lipinski definition) is 5. The van der Waals surface area contributed by atoms with Gasteiger partial charge in [0.25, 0.3) is 0 Å². The summed E-state index contributed by atoms with van der Waals surface area (Å²) in [6, 6.07) is 17.9. The number of pyridine rings is 1. The van der Waals surface area contributed by atoms with Crippen LogP contribution in [0.15, 0.2) is 78.0 Å². The predicted molar refractivity (Wildman–Crippen MR) is 133 cm³/mol. The summed E-state index contributed by atoms with van der Waals surface area (Å²) in [7, 11) is -3.63. The Labute approximate surface area is 200 Å². The van der Waals surface area contributed by atoms with E-state index < -0.39 is 10.0 Å². The van der Waals surface area contributed by atoms with Gasteiger partial charge in [-0.25, -0.2) is 13.2 Å². The zero-order valence-electron chi connectivity index (χ0n) is 19.3. The number of aryl methyl sites for hydroxylation is 1. The van der Waals surface area contributed by atoms with E-state index in [-0.39, 0.29) is 17.0 Å². The summed E-state index contributed by atoms with van der Waals surface area (Å²) in [5.74, 6) is 0. The number of amides is 2. The first-order valence-corrected chi connectivity index (χ1v) is 12.6. The molecule has 8 nitrogen and oxygen atoms in total. The quantitative estimate of drug-likeness (QED) is 0.563. The van der Waals surface area contributed by atoms with Gasteiger partial charge in [-0.15, -0.1) is 0 Å². The molecule has 34 heavy (non-hydrogen) atoms. The van der Waals surface area contributed by atoms with E-state index in [9.17, 15) is 13.2 Å². The SMILES string of the molecule is Cc1ccc(N2CCN(S(=O)(=O)c3ccc(NC(=O)NCc4cccnc4)cc3)C[C@@H]2C)cc1. The molecule has 4 rings (SSSR count). The first-order valence-electron chi connectivity index (χ1n) is 11.2. The lowest BCUT2D eigenvalue weighted by Crippen LogP contribution is -2.53. The van der Waals surface area contributed by atoms with E-state index in [1.165, 1.54) is 22.0 Å². The highest BCUT2D eigenvalue weighted by Crippen LogP contribution is 2.25. The van der Waals surface area contributed by atoms with Gasteiger partial charge in [0, 0.05) is 56.0 Å². The highest BCUT2D eigenvalue weighted by atomic mass is 32.2. The van der Waals surface area contributed by atoms with E-state index in [2.05, 4.69) is 44.8 Å². The molecule has 3 aromatic rings. The fraction of sp³-hybridized carbons (Fsp3) is 0.280. The van der Waals surface area contributed by atoms with Crippen LogP contribution in [-0.2, 0) is 16.6 Å². The van der Waals surface area contributed by atoms with E-state index in [1.807, 2.05) is 19.9 Å². The van der Waals surface area contributed by atoms with Crippen LogP contribution in [0.3, 0.4) is 0 Å². The lowest BCUT2D eigenvalue weighted by atomic mass is 10.1. The van der Waals surface area contributed by atoms with Crippen molar-refractivity contribution in [2.75, 3.05) is 29.9 Å². The Bertz CT molecular complexity index is 1220. The van der Waals surface area contributed by atoms with Crippen molar-refractivity contribution in [2.24, 2.45) is 0 Å². The van der Waals surface area contributed by atoms with Gasteiger partial charge in [-0.2, -0.15) is 4.31 Å². The highest BCUT2D eigenvalue weighted by Gasteiger charge is 2.32. The third-order valence-electron chi connectivity index (χ3n) is 5.88. The van der Waals surface area contributed by atoms with E-state index in [0.29, 0.717) is 31.9 Å². The molecule has 9 heteroatoms. The first kappa shape index (κ1) is 23.7. The van der Waals surface area contributed by atoms with Crippen LogP contribution in [0.25, 0.3) is 0 Å². The van der Waals surface area contributed by atoms with Crippen molar-refractivity contribution in [3.63, 3.8) is 0 Å². The van der Waals surface area contributed by atoms with Gasteiger partial charge in [-0.3, -0.25) is 4.98 Å². The number of piperazine rings is 1. The Balaban J connectivity index is 1.35. The summed E-state index contributed by atoms with van der Waals surface area (Å²) in [6.45, 7) is 5.88. The average molecular weight is 480 g/mol. The van der Waals surface area contributed by atoms with Gasteiger partial charge >= 0.3 is 6.03 Å². The lowest BCUT2D eigenvalue weighted by Gasteiger charge is -2.40. The van der Waals surface area contributed by atoms with Gasteiger partial charge in [0.1, 0.15) is 0 Å². The molecule has 1 fully saturated rings. The molecule has 0 bridgehead atoms. The van der Waals surface area contributed by atoms with Crippen molar-refractivity contribution >= 4 is 27.4 Å². The van der Waals surface area contributed by atoms with Gasteiger partial charge in [-0.05, 0) is 61.9 Å². The fourth-order valence-electron chi connectivity index (χ4n) is 3.98. The van der Waals surface area contributed by atoms with Crippen molar-refractivity contribution < 1.29 is 13.2 Å². The standard InChI is InChI=1S/C25H29N5O3S/c1-19-5-9-23(10-6-19)30-15-14-29(18-20(30)2)34(32,33)24-11-7-22(8-12-24)28-25(31)27-17-21-4-3-13-26-16-21/h3-13,16,20H,14-15,17-18H2,1-2H3,(H2,27,28,31)/t20-/m0/s1. The molecule has 1 aliphatic rings. The van der Waals surface area contributed by atoms with Crippen LogP contribution < -0.4 is 15.5 Å². The van der Waals surface area contributed by atoms with E-state index in [1.54, 1.807) is 30.6 Å². The Kier molecular flexibility index (Phi) is 7.14. The normalized spacial score (nSPS) is 16.8. The Hall–Kier alpha value is -3.43. The summed E-state index contributed by atoms with van der Waals surface area (Å²) in [5.41, 5.74) is 3.70. The van der Waals surface area contributed by atoms with Crippen LogP contribution in [0, 0.1) is 6.92 Å². The first-order chi connectivity index (χ1) is 16.3. The Morgan fingerprint density at radius 3 is 2.44 bits per heavy atom. The summed E-state index contributed by atoms with van der Waals surface area (Å²) >= 11 is 0. The van der Waals surface area contributed by atoms with Crippen molar-refractivity contribution in [1.82, 2.24) is 14.6 Å². The average Bonchev–Trinajstić information content (AvgIpc) is 2.84. The number of rotatable bonds is 6. The van der Waals surface area contributed by atoms with Gasteiger partial charge in [0.05, 0.1) is 4.90 Å². The molecule has 0 saturated carbocycles. The van der Waals surface area contributed by atoms with Crippen LogP contribution in [0.5, 0.6) is 0 Å². The molecule has 2 aromatic carbocycles. The molecular weight excluding hydrogens is 450 g/mol. The lowest BCUT2D eigenvalue weighted by molar-refractivity contribution is 0.251. The number of aromatic nitrogens is 1. The minimum Gasteiger partial charge on any atom is -0.366 e. The van der Waals surface area contributed by atoms with Gasteiger partial charge in [0.15, 0.2) is 0 Å². The number of carbonyl (C=O) groups is 1. The van der Waals surface area contributed by atoms with Crippen molar-refractivity contribution in [1.29, 1.82) is 0 Å². The molecule has 178 valence electrons. The third-order valence-corrected chi connectivity index (χ3v) is 7.76. The second kappa shape index (κ2) is 10.2. The number of urea groups is 1. The second-order valence-corrected chi connectivity index (χ2v) is 10.4. The van der Waals surface area contributed by atoms with Crippen LogP contribution in [0.1, 0.15) is 18.1 Å². The van der Waals surface area contributed by atoms with Crippen molar-refractivity contribution in [3.05, 3.63) is 84.2 Å². The molecule has 2 heterocycles. The number of carbonyl (C=O) groups excluding carboxylic acids is 1. The molecule has 0 radical (unpaired) electrons. The molecule has 1 aliphatic heterocycles. The molecule has 0 aliphatic carbocycles. The Morgan fingerprint density at radius 2 is 1.79 bits per heavy atom. The van der Waals surface area contributed by atoms with Gasteiger partial charge in [0.2, 0.25) is 10.0 Å². The second-order valence-electron chi connectivity index (χ2n) is 8.43. The van der Waals surface area contributed by atoms with E-state index in [0.717, 1.165) is 11.3 Å². The van der Waals surface area contributed by atoms with Crippen molar-refractivity contribution in [2.45, 2.75) is 31.3 Å². The third kappa shape index (κ3) is 5.55. The molecule has 1 atom stereocenters. The molecule has 1 aromatic heterocycles. The number of sulfonamides is 1. The van der Waals surface area contributed by atoms with Gasteiger partial charge < -0.3 is 15.5 Å². The maximum Gasteiger partial charge on any atom is 0.319 e. The van der Waals surface area contributed by atoms with Crippen LogP contribution in [0.4, 0.5) is 16.2 Å². The monoisotopic (exact) mass is 479 g/mol. The molecule has 2 amide bonds. The van der Waals surface area contributed by atoms with E-state index >= 15 is 0 Å². The number of benzene rings is 2. The number of hydrogen-bond donors (Lipinski definition) is 2. The number of anilines is 2. The maximum atomic E-state index is 13.2. The fourth-order valence-corrected chi connectivity index (χ4v) is 5.49. The summed E-state index contributed by atoms with van der Waals surface area (Å²) < 4.78 is 28.0. The zero-order chi connectivity index (χ0) is 24.1. The summed E-state index contributed by atoms with van der Waals surface area (Å²) in [6.07, 6.45) is 3.35. The van der Waals surface area contributed by atoms with Crippen LogP contribution >= 0.6 is 0 Å². The zero-order valence-corrected chi connectivity index (χ0v) is 20.1. The summed E-state index contributed by atoms with van der Waals surface area (Å²) in [4.78, 5) is 18.6. The van der Waals surface area contributed by atoms with E-state index in [4.69, 9.17) is 0 Å². The van der Waals surface area contributed by atoms with Gasteiger partial charge in [-0.1, -0.05) is 23.8 Å². The molecule has 0 unspecified atom stereocenters. The topological polar surface area (TPSA) is 94.6 Å². The van der Waals surface area contributed by atoms with Crippen LogP contribution in [-0.4, -0.2) is 49.4 Å². The molecular formula is C25H29N5O3S. The minimum atomic E-state index is -3.63. The molecule has 1 saturated heterocycles. The maximum absolute atomic E-state index is 13.2. The number of nitrogens with zero attached hydrogens (tertiary/aromatic N) is 3. The Morgan fingerprint density at radius 1 is 1.06 bits per heavy atom. The smallest absolute Gasteiger partial charge is 0.319 e. The molecule has 0 spiro atoms. The van der Waals surface area contributed by atoms with Crippen LogP contribution in [0.2, 0.25) is 0 Å². The highest BCUT2D eigenvalue weighted by molar-refractivity contribution is 7.89. The summed E-state index contributed by atoms with van der Waals surface area (Å²) in [5, 5.41) is 5.47.